The number of aryl methyl sites for hydroxylation is 1. The van der Waals surface area contributed by atoms with Crippen LogP contribution in [0.25, 0.3) is 22.3 Å². The SMILES string of the molecule is C=NNc1ccc(Nc2nc(-c3cccc(NC4OC4CCC)c3)nc3cc(OCCOC)c(OC)cc23)cc1C. The van der Waals surface area contributed by atoms with Crippen molar-refractivity contribution < 1.29 is 18.9 Å². The van der Waals surface area contributed by atoms with Crippen molar-refractivity contribution in [3.8, 4) is 22.9 Å². The number of fused-ring (bicyclic) bond motifs is 1. The molecule has 1 fully saturated rings. The van der Waals surface area contributed by atoms with Crippen molar-refractivity contribution in [1.82, 2.24) is 9.97 Å². The summed E-state index contributed by atoms with van der Waals surface area (Å²) in [7, 11) is 3.25. The van der Waals surface area contributed by atoms with E-state index in [1.165, 1.54) is 0 Å². The smallest absolute Gasteiger partial charge is 0.163 e. The molecule has 0 saturated carbocycles. The molecule has 2 atom stereocenters. The predicted molar refractivity (Wildman–Crippen MR) is 164 cm³/mol. The fraction of sp³-hybridized carbons (Fsp3) is 0.323. The molecule has 4 aromatic rings. The summed E-state index contributed by atoms with van der Waals surface area (Å²) in [5, 5.41) is 11.5. The number of nitrogens with one attached hydrogen (secondary N) is 3. The zero-order valence-corrected chi connectivity index (χ0v) is 23.9. The summed E-state index contributed by atoms with van der Waals surface area (Å²) in [4.78, 5) is 9.92. The minimum atomic E-state index is 0.0382. The molecule has 0 radical (unpaired) electrons. The van der Waals surface area contributed by atoms with E-state index in [1.54, 1.807) is 14.2 Å². The molecule has 0 amide bonds. The van der Waals surface area contributed by atoms with Gasteiger partial charge in [0, 0.05) is 42.2 Å². The maximum absolute atomic E-state index is 5.96. The number of aromatic nitrogens is 2. The van der Waals surface area contributed by atoms with Crippen LogP contribution in [0.4, 0.5) is 22.9 Å². The Morgan fingerprint density at radius 3 is 2.63 bits per heavy atom. The van der Waals surface area contributed by atoms with Crippen LogP contribution < -0.4 is 25.5 Å². The number of nitrogens with zero attached hydrogens (tertiary/aromatic N) is 3. The molecule has 1 aliphatic heterocycles. The van der Waals surface area contributed by atoms with Crippen molar-refractivity contribution in [3.63, 3.8) is 0 Å². The first-order chi connectivity index (χ1) is 20.0. The van der Waals surface area contributed by atoms with Crippen molar-refractivity contribution >= 4 is 40.5 Å². The molecule has 0 spiro atoms. The van der Waals surface area contributed by atoms with E-state index in [9.17, 15) is 0 Å². The van der Waals surface area contributed by atoms with E-state index in [1.807, 2.05) is 61.5 Å². The molecule has 214 valence electrons. The fourth-order valence-electron chi connectivity index (χ4n) is 4.64. The van der Waals surface area contributed by atoms with Gasteiger partial charge in [0.2, 0.25) is 0 Å². The van der Waals surface area contributed by atoms with Gasteiger partial charge in [-0.2, -0.15) is 5.10 Å². The zero-order chi connectivity index (χ0) is 28.8. The van der Waals surface area contributed by atoms with E-state index in [-0.39, 0.29) is 12.3 Å². The Labute approximate surface area is 240 Å². The van der Waals surface area contributed by atoms with Gasteiger partial charge in [0.25, 0.3) is 0 Å². The Morgan fingerprint density at radius 2 is 1.88 bits per heavy atom. The first-order valence-electron chi connectivity index (χ1n) is 13.7. The van der Waals surface area contributed by atoms with E-state index in [0.717, 1.165) is 46.4 Å². The molecular formula is C31H36N6O4. The third kappa shape index (κ3) is 6.67. The summed E-state index contributed by atoms with van der Waals surface area (Å²) >= 11 is 0. The quantitative estimate of drug-likeness (QED) is 0.0708. The molecule has 0 aliphatic carbocycles. The van der Waals surface area contributed by atoms with Gasteiger partial charge in [0.15, 0.2) is 23.6 Å². The molecule has 5 rings (SSSR count). The molecule has 1 saturated heterocycles. The number of hydrogen-bond donors (Lipinski definition) is 3. The summed E-state index contributed by atoms with van der Waals surface area (Å²) in [6.07, 6.45) is 2.43. The highest BCUT2D eigenvalue weighted by Crippen LogP contribution is 2.37. The van der Waals surface area contributed by atoms with E-state index in [4.69, 9.17) is 28.9 Å². The number of rotatable bonds is 14. The molecule has 2 heterocycles. The highest BCUT2D eigenvalue weighted by atomic mass is 16.6. The molecule has 1 aromatic heterocycles. The van der Waals surface area contributed by atoms with Gasteiger partial charge in [0.1, 0.15) is 18.5 Å². The molecule has 3 aromatic carbocycles. The van der Waals surface area contributed by atoms with Gasteiger partial charge in [-0.25, -0.2) is 9.97 Å². The fourth-order valence-corrected chi connectivity index (χ4v) is 4.64. The summed E-state index contributed by atoms with van der Waals surface area (Å²) in [6.45, 7) is 8.52. The summed E-state index contributed by atoms with van der Waals surface area (Å²) in [5.41, 5.74) is 8.20. The Balaban J connectivity index is 1.54. The first-order valence-corrected chi connectivity index (χ1v) is 13.7. The van der Waals surface area contributed by atoms with E-state index < -0.39 is 0 Å². The summed E-state index contributed by atoms with van der Waals surface area (Å²) in [6, 6.07) is 17.8. The van der Waals surface area contributed by atoms with Crippen LogP contribution in [0.15, 0.2) is 59.7 Å². The van der Waals surface area contributed by atoms with Crippen LogP contribution in [0.3, 0.4) is 0 Å². The lowest BCUT2D eigenvalue weighted by atomic mass is 10.1. The highest BCUT2D eigenvalue weighted by molar-refractivity contribution is 5.94. The van der Waals surface area contributed by atoms with Crippen LogP contribution >= 0.6 is 0 Å². The third-order valence-electron chi connectivity index (χ3n) is 6.80. The van der Waals surface area contributed by atoms with Gasteiger partial charge in [-0.15, -0.1) is 0 Å². The number of methoxy groups -OCH3 is 2. The summed E-state index contributed by atoms with van der Waals surface area (Å²) < 4.78 is 22.5. The van der Waals surface area contributed by atoms with Crippen molar-refractivity contribution in [1.29, 1.82) is 0 Å². The molecule has 10 heteroatoms. The Hall–Kier alpha value is -4.41. The van der Waals surface area contributed by atoms with Crippen molar-refractivity contribution in [2.45, 2.75) is 39.0 Å². The van der Waals surface area contributed by atoms with Crippen LogP contribution in [0, 0.1) is 6.92 Å². The van der Waals surface area contributed by atoms with Crippen LogP contribution in [0.2, 0.25) is 0 Å². The number of hydrogen-bond acceptors (Lipinski definition) is 10. The molecular weight excluding hydrogens is 520 g/mol. The molecule has 10 nitrogen and oxygen atoms in total. The maximum Gasteiger partial charge on any atom is 0.163 e. The van der Waals surface area contributed by atoms with Crippen LogP contribution in [0.5, 0.6) is 11.5 Å². The van der Waals surface area contributed by atoms with Gasteiger partial charge >= 0.3 is 0 Å². The standard InChI is InChI=1S/C31H36N6O4/c1-6-8-26-31(41-26)34-21-10-7-9-20(16-21)29-35-25-18-28(40-14-13-38-4)27(39-5)17-23(25)30(36-29)33-22-11-12-24(37-32-3)19(2)15-22/h7,9-12,15-18,26,31,34,37H,3,6,8,13-14H2,1-2,4-5H3,(H,33,35,36). The van der Waals surface area contributed by atoms with Gasteiger partial charge in [-0.3, -0.25) is 5.43 Å². The van der Waals surface area contributed by atoms with E-state index in [2.05, 4.69) is 34.8 Å². The van der Waals surface area contributed by atoms with Gasteiger partial charge in [-0.05, 0) is 55.3 Å². The van der Waals surface area contributed by atoms with Crippen LogP contribution in [-0.4, -0.2) is 56.5 Å². The lowest BCUT2D eigenvalue weighted by Gasteiger charge is -2.16. The van der Waals surface area contributed by atoms with E-state index in [0.29, 0.717) is 41.9 Å². The molecule has 3 N–H and O–H groups in total. The third-order valence-corrected chi connectivity index (χ3v) is 6.80. The Bertz CT molecular complexity index is 1530. The monoisotopic (exact) mass is 556 g/mol. The molecule has 41 heavy (non-hydrogen) atoms. The Kier molecular flexibility index (Phi) is 8.81. The van der Waals surface area contributed by atoms with Crippen LogP contribution in [0.1, 0.15) is 25.3 Å². The largest absolute Gasteiger partial charge is 0.493 e. The summed E-state index contributed by atoms with van der Waals surface area (Å²) in [5.74, 6) is 2.38. The molecule has 0 bridgehead atoms. The average molecular weight is 557 g/mol. The number of ether oxygens (including phenoxy) is 4. The van der Waals surface area contributed by atoms with Crippen molar-refractivity contribution in [3.05, 3.63) is 60.2 Å². The second-order valence-corrected chi connectivity index (χ2v) is 9.79. The maximum atomic E-state index is 5.96. The lowest BCUT2D eigenvalue weighted by molar-refractivity contribution is 0.144. The van der Waals surface area contributed by atoms with E-state index >= 15 is 0 Å². The topological polar surface area (TPSA) is 114 Å². The number of anilines is 4. The zero-order valence-electron chi connectivity index (χ0n) is 23.9. The number of benzene rings is 3. The molecule has 2 unspecified atom stereocenters. The van der Waals surface area contributed by atoms with Gasteiger partial charge in [-0.1, -0.05) is 25.5 Å². The number of epoxide rings is 1. The van der Waals surface area contributed by atoms with Gasteiger partial charge < -0.3 is 29.6 Å². The Morgan fingerprint density at radius 1 is 1.00 bits per heavy atom. The van der Waals surface area contributed by atoms with Crippen molar-refractivity contribution in [2.75, 3.05) is 43.5 Å². The lowest BCUT2D eigenvalue weighted by Crippen LogP contribution is -2.07. The second kappa shape index (κ2) is 12.8. The minimum Gasteiger partial charge on any atom is -0.493 e. The number of hydrazone groups is 1. The normalized spacial score (nSPS) is 15.8. The predicted octanol–water partition coefficient (Wildman–Crippen LogP) is 6.35. The van der Waals surface area contributed by atoms with Crippen LogP contribution in [-0.2, 0) is 9.47 Å². The minimum absolute atomic E-state index is 0.0382. The highest BCUT2D eigenvalue weighted by Gasteiger charge is 2.37. The average Bonchev–Trinajstić information content (AvgIpc) is 3.71. The first kappa shape index (κ1) is 28.1. The van der Waals surface area contributed by atoms with Crippen molar-refractivity contribution in [2.24, 2.45) is 5.10 Å². The second-order valence-electron chi connectivity index (χ2n) is 9.79. The van der Waals surface area contributed by atoms with Gasteiger partial charge in [0.05, 0.1) is 24.9 Å². The molecule has 1 aliphatic rings.